The maximum Gasteiger partial charge on any atom is 0.305 e. The summed E-state index contributed by atoms with van der Waals surface area (Å²) in [6.07, 6.45) is 0.851. The minimum atomic E-state index is -0.274. The Bertz CT molecular complexity index is 739. The molecule has 0 atom stereocenters. The molecule has 0 saturated heterocycles. The third-order valence-electron chi connectivity index (χ3n) is 3.37. The largest absolute Gasteiger partial charge is 0.469 e. The molecule has 0 aliphatic carbocycles. The van der Waals surface area contributed by atoms with E-state index in [0.717, 1.165) is 23.3 Å². The van der Waals surface area contributed by atoms with Crippen LogP contribution in [0.25, 0.3) is 10.9 Å². The van der Waals surface area contributed by atoms with Crippen molar-refractivity contribution in [3.8, 4) is 0 Å². The number of amides is 1. The lowest BCUT2D eigenvalue weighted by atomic mass is 10.2. The van der Waals surface area contributed by atoms with Gasteiger partial charge in [0.15, 0.2) is 5.16 Å². The van der Waals surface area contributed by atoms with Gasteiger partial charge in [0.2, 0.25) is 5.91 Å². The number of nitrogens with zero attached hydrogens (tertiary/aromatic N) is 2. The molecule has 0 spiro atoms. The number of aromatic nitrogens is 2. The molecule has 2 N–H and O–H groups in total. The summed E-state index contributed by atoms with van der Waals surface area (Å²) >= 11 is 1.29. The van der Waals surface area contributed by atoms with E-state index in [0.29, 0.717) is 24.5 Å². The first-order valence-corrected chi connectivity index (χ1v) is 9.09. The van der Waals surface area contributed by atoms with Crippen LogP contribution < -0.4 is 10.6 Å². The molecule has 0 radical (unpaired) electrons. The van der Waals surface area contributed by atoms with Crippen LogP contribution in [0.3, 0.4) is 0 Å². The molecular formula is C17H22N4O3S. The highest BCUT2D eigenvalue weighted by Gasteiger charge is 2.10. The van der Waals surface area contributed by atoms with Crippen molar-refractivity contribution < 1.29 is 14.3 Å². The first kappa shape index (κ1) is 19.0. The number of benzene rings is 1. The third kappa shape index (κ3) is 5.90. The van der Waals surface area contributed by atoms with E-state index in [1.807, 2.05) is 31.2 Å². The predicted molar refractivity (Wildman–Crippen MR) is 98.7 cm³/mol. The number of fused-ring (bicyclic) bond motifs is 1. The molecule has 2 rings (SSSR count). The number of thioether (sulfide) groups is 1. The Balaban J connectivity index is 1.89. The SMILES string of the molecule is CCNc1nc(SCC(=O)NCCCC(=O)OC)nc2ccccc12. The summed E-state index contributed by atoms with van der Waals surface area (Å²) in [6.45, 7) is 3.20. The van der Waals surface area contributed by atoms with Gasteiger partial charge in [-0.25, -0.2) is 9.97 Å². The van der Waals surface area contributed by atoms with Gasteiger partial charge in [-0.2, -0.15) is 0 Å². The highest BCUT2D eigenvalue weighted by molar-refractivity contribution is 7.99. The van der Waals surface area contributed by atoms with E-state index in [1.54, 1.807) is 0 Å². The Labute approximate surface area is 150 Å². The molecule has 1 heterocycles. The second kappa shape index (κ2) is 9.83. The van der Waals surface area contributed by atoms with Gasteiger partial charge < -0.3 is 15.4 Å². The molecule has 0 aliphatic rings. The van der Waals surface area contributed by atoms with Gasteiger partial charge in [0, 0.05) is 24.9 Å². The Morgan fingerprint density at radius 3 is 2.80 bits per heavy atom. The highest BCUT2D eigenvalue weighted by Crippen LogP contribution is 2.24. The van der Waals surface area contributed by atoms with E-state index >= 15 is 0 Å². The number of ether oxygens (including phenoxy) is 1. The smallest absolute Gasteiger partial charge is 0.305 e. The predicted octanol–water partition coefficient (Wildman–Crippen LogP) is 2.22. The van der Waals surface area contributed by atoms with Gasteiger partial charge >= 0.3 is 5.97 Å². The second-order valence-corrected chi connectivity index (χ2v) is 6.16. The van der Waals surface area contributed by atoms with Crippen molar-refractivity contribution in [2.24, 2.45) is 0 Å². The van der Waals surface area contributed by atoms with Crippen LogP contribution in [0.2, 0.25) is 0 Å². The summed E-state index contributed by atoms with van der Waals surface area (Å²) in [7, 11) is 1.35. The lowest BCUT2D eigenvalue weighted by Crippen LogP contribution is -2.26. The van der Waals surface area contributed by atoms with Crippen LogP contribution in [0.1, 0.15) is 19.8 Å². The van der Waals surface area contributed by atoms with Crippen LogP contribution in [0.15, 0.2) is 29.4 Å². The summed E-state index contributed by atoms with van der Waals surface area (Å²) in [5.41, 5.74) is 0.842. The molecule has 0 bridgehead atoms. The fourth-order valence-corrected chi connectivity index (χ4v) is 2.85. The standard InChI is InChI=1S/C17H22N4O3S/c1-3-18-16-12-7-4-5-8-13(12)20-17(21-16)25-11-14(22)19-10-6-9-15(23)24-2/h4-5,7-8H,3,6,9-11H2,1-2H3,(H,19,22)(H,18,20,21). The maximum absolute atomic E-state index is 11.9. The number of esters is 1. The van der Waals surface area contributed by atoms with Gasteiger partial charge in [-0.15, -0.1) is 0 Å². The summed E-state index contributed by atoms with van der Waals surface area (Å²) in [5, 5.41) is 7.51. The summed E-state index contributed by atoms with van der Waals surface area (Å²) in [4.78, 5) is 31.9. The average molecular weight is 362 g/mol. The zero-order chi connectivity index (χ0) is 18.1. The first-order chi connectivity index (χ1) is 12.1. The van der Waals surface area contributed by atoms with Gasteiger partial charge in [-0.3, -0.25) is 9.59 Å². The lowest BCUT2D eigenvalue weighted by molar-refractivity contribution is -0.140. The molecule has 1 aromatic heterocycles. The van der Waals surface area contributed by atoms with Gasteiger partial charge in [0.25, 0.3) is 0 Å². The summed E-state index contributed by atoms with van der Waals surface area (Å²) in [5.74, 6) is 0.608. The van der Waals surface area contributed by atoms with Gasteiger partial charge in [-0.05, 0) is 25.5 Å². The zero-order valence-electron chi connectivity index (χ0n) is 14.4. The third-order valence-corrected chi connectivity index (χ3v) is 4.21. The molecule has 2 aromatic rings. The van der Waals surface area contributed by atoms with Crippen LogP contribution in [0.5, 0.6) is 0 Å². The monoisotopic (exact) mass is 362 g/mol. The van der Waals surface area contributed by atoms with Crippen molar-refractivity contribution >= 4 is 40.4 Å². The van der Waals surface area contributed by atoms with Crippen LogP contribution >= 0.6 is 11.8 Å². The molecule has 8 heteroatoms. The average Bonchev–Trinajstić information content (AvgIpc) is 2.63. The normalized spacial score (nSPS) is 10.5. The van der Waals surface area contributed by atoms with Crippen LogP contribution in [0, 0.1) is 0 Å². The Morgan fingerprint density at radius 1 is 1.24 bits per heavy atom. The Kier molecular flexibility index (Phi) is 7.46. The number of anilines is 1. The quantitative estimate of drug-likeness (QED) is 0.306. The van der Waals surface area contributed by atoms with E-state index in [-0.39, 0.29) is 17.6 Å². The highest BCUT2D eigenvalue weighted by atomic mass is 32.2. The maximum atomic E-state index is 11.9. The molecule has 134 valence electrons. The van der Waals surface area contributed by atoms with Crippen molar-refractivity contribution in [1.29, 1.82) is 0 Å². The Morgan fingerprint density at radius 2 is 2.04 bits per heavy atom. The lowest BCUT2D eigenvalue weighted by Gasteiger charge is -2.09. The minimum Gasteiger partial charge on any atom is -0.469 e. The molecule has 0 unspecified atom stereocenters. The Hall–Kier alpha value is -2.35. The number of hydrogen-bond acceptors (Lipinski definition) is 7. The van der Waals surface area contributed by atoms with Crippen LogP contribution in [-0.2, 0) is 14.3 Å². The molecular weight excluding hydrogens is 340 g/mol. The van der Waals surface area contributed by atoms with E-state index < -0.39 is 0 Å². The minimum absolute atomic E-state index is 0.114. The van der Waals surface area contributed by atoms with E-state index in [4.69, 9.17) is 0 Å². The fraction of sp³-hybridized carbons (Fsp3) is 0.412. The van der Waals surface area contributed by atoms with E-state index in [2.05, 4.69) is 25.3 Å². The van der Waals surface area contributed by atoms with Crippen molar-refractivity contribution in [2.45, 2.75) is 24.9 Å². The number of carbonyl (C=O) groups is 2. The van der Waals surface area contributed by atoms with Gasteiger partial charge in [-0.1, -0.05) is 23.9 Å². The first-order valence-electron chi connectivity index (χ1n) is 8.11. The van der Waals surface area contributed by atoms with E-state index in [9.17, 15) is 9.59 Å². The second-order valence-electron chi connectivity index (χ2n) is 5.22. The molecule has 1 aromatic carbocycles. The number of hydrogen-bond donors (Lipinski definition) is 2. The number of carbonyl (C=O) groups excluding carboxylic acids is 2. The summed E-state index contributed by atoms with van der Waals surface area (Å²) < 4.78 is 4.55. The topological polar surface area (TPSA) is 93.2 Å². The number of methoxy groups -OCH3 is 1. The van der Waals surface area contributed by atoms with Crippen molar-refractivity contribution in [1.82, 2.24) is 15.3 Å². The van der Waals surface area contributed by atoms with Crippen molar-refractivity contribution in [3.63, 3.8) is 0 Å². The zero-order valence-corrected chi connectivity index (χ0v) is 15.2. The molecule has 25 heavy (non-hydrogen) atoms. The molecule has 0 saturated carbocycles. The number of para-hydroxylation sites is 1. The fourth-order valence-electron chi connectivity index (χ4n) is 2.17. The van der Waals surface area contributed by atoms with Crippen LogP contribution in [0.4, 0.5) is 5.82 Å². The van der Waals surface area contributed by atoms with Crippen molar-refractivity contribution in [3.05, 3.63) is 24.3 Å². The molecule has 7 nitrogen and oxygen atoms in total. The number of rotatable bonds is 9. The van der Waals surface area contributed by atoms with Crippen LogP contribution in [-0.4, -0.2) is 47.8 Å². The number of nitrogens with one attached hydrogen (secondary N) is 2. The molecule has 0 aliphatic heterocycles. The van der Waals surface area contributed by atoms with E-state index in [1.165, 1.54) is 18.9 Å². The molecule has 1 amide bonds. The molecule has 0 fully saturated rings. The summed E-state index contributed by atoms with van der Waals surface area (Å²) in [6, 6.07) is 7.76. The van der Waals surface area contributed by atoms with Gasteiger partial charge in [0.05, 0.1) is 18.4 Å². The van der Waals surface area contributed by atoms with Crippen molar-refractivity contribution in [2.75, 3.05) is 31.3 Å². The van der Waals surface area contributed by atoms with Gasteiger partial charge in [0.1, 0.15) is 5.82 Å².